The zero-order chi connectivity index (χ0) is 10.5. The van der Waals surface area contributed by atoms with Crippen molar-refractivity contribution in [3.05, 3.63) is 0 Å². The van der Waals surface area contributed by atoms with Crippen molar-refractivity contribution in [2.75, 3.05) is 20.3 Å². The lowest BCUT2D eigenvalue weighted by Gasteiger charge is -2.18. The number of aliphatic carboxylic acids is 1. The van der Waals surface area contributed by atoms with E-state index in [2.05, 4.69) is 5.32 Å². The molecule has 0 aliphatic heterocycles. The van der Waals surface area contributed by atoms with Gasteiger partial charge < -0.3 is 20.3 Å². The van der Waals surface area contributed by atoms with Crippen molar-refractivity contribution in [2.24, 2.45) is 0 Å². The van der Waals surface area contributed by atoms with E-state index in [-0.39, 0.29) is 13.2 Å². The molecule has 0 saturated heterocycles. The van der Waals surface area contributed by atoms with Gasteiger partial charge in [-0.1, -0.05) is 0 Å². The third-order valence-corrected chi connectivity index (χ3v) is 1.39. The molecule has 0 amide bonds. The summed E-state index contributed by atoms with van der Waals surface area (Å²) in [6, 6.07) is -0.720. The minimum Gasteiger partial charge on any atom is -0.480 e. The minimum absolute atomic E-state index is 0.0514. The van der Waals surface area contributed by atoms with Gasteiger partial charge in [0.25, 0.3) is 0 Å². The number of likely N-dealkylation sites (N-methyl/N-ethyl adjacent to an activating group) is 1. The molecule has 0 rings (SSSR count). The Morgan fingerprint density at radius 2 is 2.15 bits per heavy atom. The molecule has 13 heavy (non-hydrogen) atoms. The molecule has 0 aliphatic carbocycles. The number of hydrogen-bond donors (Lipinski definition) is 3. The lowest BCUT2D eigenvalue weighted by atomic mass is 10.2. The highest BCUT2D eigenvalue weighted by Gasteiger charge is 2.17. The number of nitrogens with one attached hydrogen (secondary N) is 1. The zero-order valence-electron chi connectivity index (χ0n) is 8.20. The largest absolute Gasteiger partial charge is 0.480 e. The summed E-state index contributed by atoms with van der Waals surface area (Å²) < 4.78 is 5.02. The maximum Gasteiger partial charge on any atom is 0.323 e. The molecule has 0 heterocycles. The van der Waals surface area contributed by atoms with Crippen LogP contribution in [-0.4, -0.2) is 48.1 Å². The third kappa shape index (κ3) is 6.51. The fourth-order valence-corrected chi connectivity index (χ4v) is 0.705. The highest BCUT2D eigenvalue weighted by molar-refractivity contribution is 5.73. The van der Waals surface area contributed by atoms with Crippen LogP contribution in [0.1, 0.15) is 13.8 Å². The number of carboxylic acid groups (broad SMARTS) is 1. The summed E-state index contributed by atoms with van der Waals surface area (Å²) in [5.41, 5.74) is -0.920. The summed E-state index contributed by atoms with van der Waals surface area (Å²) in [7, 11) is 1.55. The third-order valence-electron chi connectivity index (χ3n) is 1.39. The van der Waals surface area contributed by atoms with Gasteiger partial charge in [-0.3, -0.25) is 4.79 Å². The summed E-state index contributed by atoms with van der Waals surface area (Å²) in [4.78, 5) is 10.5. The number of carboxylic acids is 1. The van der Waals surface area contributed by atoms with Crippen LogP contribution in [0.15, 0.2) is 0 Å². The van der Waals surface area contributed by atoms with Gasteiger partial charge in [-0.25, -0.2) is 0 Å². The van der Waals surface area contributed by atoms with Crippen molar-refractivity contribution in [2.45, 2.75) is 25.5 Å². The van der Waals surface area contributed by atoms with Crippen LogP contribution >= 0.6 is 0 Å². The van der Waals surface area contributed by atoms with Crippen LogP contribution in [0.25, 0.3) is 0 Å². The molecule has 0 bridgehead atoms. The predicted molar refractivity (Wildman–Crippen MR) is 47.6 cm³/mol. The van der Waals surface area contributed by atoms with Crippen LogP contribution in [0.2, 0.25) is 0 Å². The van der Waals surface area contributed by atoms with Gasteiger partial charge >= 0.3 is 5.97 Å². The van der Waals surface area contributed by atoms with E-state index in [1.54, 1.807) is 20.9 Å². The number of carbonyl (C=O) groups is 1. The Kier molecular flexibility index (Phi) is 4.90. The Morgan fingerprint density at radius 1 is 1.62 bits per heavy atom. The van der Waals surface area contributed by atoms with Gasteiger partial charge in [0.1, 0.15) is 6.04 Å². The Morgan fingerprint density at radius 3 is 2.46 bits per heavy atom. The molecule has 5 nitrogen and oxygen atoms in total. The smallest absolute Gasteiger partial charge is 0.323 e. The van der Waals surface area contributed by atoms with Crippen LogP contribution in [0.3, 0.4) is 0 Å². The van der Waals surface area contributed by atoms with E-state index in [9.17, 15) is 9.90 Å². The Labute approximate surface area is 77.7 Å². The van der Waals surface area contributed by atoms with Crippen LogP contribution in [0.4, 0.5) is 0 Å². The Balaban J connectivity index is 3.68. The van der Waals surface area contributed by atoms with E-state index in [0.717, 1.165) is 0 Å². The van der Waals surface area contributed by atoms with Crippen molar-refractivity contribution < 1.29 is 19.7 Å². The number of rotatable bonds is 6. The van der Waals surface area contributed by atoms with Gasteiger partial charge in [0.2, 0.25) is 0 Å². The molecule has 0 aromatic rings. The molecule has 0 saturated carbocycles. The molecule has 0 spiro atoms. The predicted octanol–water partition coefficient (Wildman–Crippen LogP) is -0.553. The van der Waals surface area contributed by atoms with E-state index in [0.29, 0.717) is 0 Å². The maximum atomic E-state index is 10.5. The first-order valence-corrected chi connectivity index (χ1v) is 4.07. The second kappa shape index (κ2) is 5.16. The fourth-order valence-electron chi connectivity index (χ4n) is 0.705. The topological polar surface area (TPSA) is 78.8 Å². The van der Waals surface area contributed by atoms with Gasteiger partial charge in [0, 0.05) is 0 Å². The molecule has 3 N–H and O–H groups in total. The summed E-state index contributed by atoms with van der Waals surface area (Å²) in [5.74, 6) is -0.960. The summed E-state index contributed by atoms with van der Waals surface area (Å²) in [6.45, 7) is 3.37. The maximum absolute atomic E-state index is 10.5. The molecule has 0 unspecified atom stereocenters. The van der Waals surface area contributed by atoms with E-state index in [4.69, 9.17) is 9.84 Å². The highest BCUT2D eigenvalue weighted by atomic mass is 16.5. The lowest BCUT2D eigenvalue weighted by Crippen LogP contribution is -2.39. The van der Waals surface area contributed by atoms with Crippen LogP contribution in [-0.2, 0) is 9.53 Å². The van der Waals surface area contributed by atoms with E-state index >= 15 is 0 Å². The molecule has 0 radical (unpaired) electrons. The van der Waals surface area contributed by atoms with Gasteiger partial charge in [-0.05, 0) is 20.9 Å². The van der Waals surface area contributed by atoms with Gasteiger partial charge in [0.05, 0.1) is 18.8 Å². The standard InChI is InChI=1S/C8H17NO4/c1-8(2,12)5-13-4-6(9-3)7(10)11/h6,9,12H,4-5H2,1-3H3,(H,10,11)/t6-/m0/s1. The fraction of sp³-hybridized carbons (Fsp3) is 0.875. The summed E-state index contributed by atoms with van der Waals surface area (Å²) in [6.07, 6.45) is 0. The lowest BCUT2D eigenvalue weighted by molar-refractivity contribution is -0.141. The van der Waals surface area contributed by atoms with Gasteiger partial charge in [-0.15, -0.1) is 0 Å². The Hall–Kier alpha value is -0.650. The molecule has 0 fully saturated rings. The van der Waals surface area contributed by atoms with E-state index < -0.39 is 17.6 Å². The van der Waals surface area contributed by atoms with E-state index in [1.165, 1.54) is 0 Å². The number of hydrogen-bond acceptors (Lipinski definition) is 4. The van der Waals surface area contributed by atoms with Crippen molar-refractivity contribution >= 4 is 5.97 Å². The Bertz CT molecular complexity index is 164. The second-order valence-corrected chi connectivity index (χ2v) is 3.51. The quantitative estimate of drug-likeness (QED) is 0.525. The highest BCUT2D eigenvalue weighted by Crippen LogP contribution is 2.01. The van der Waals surface area contributed by atoms with Crippen molar-refractivity contribution in [1.29, 1.82) is 0 Å². The number of aliphatic hydroxyl groups is 1. The molecule has 0 aromatic heterocycles. The van der Waals surface area contributed by atoms with Crippen molar-refractivity contribution in [3.63, 3.8) is 0 Å². The zero-order valence-corrected chi connectivity index (χ0v) is 8.20. The molecule has 1 atom stereocenters. The van der Waals surface area contributed by atoms with Crippen LogP contribution in [0.5, 0.6) is 0 Å². The van der Waals surface area contributed by atoms with Crippen molar-refractivity contribution in [1.82, 2.24) is 5.32 Å². The van der Waals surface area contributed by atoms with E-state index in [1.807, 2.05) is 0 Å². The first-order valence-electron chi connectivity index (χ1n) is 4.07. The molecule has 0 aromatic carbocycles. The normalized spacial score (nSPS) is 14.2. The second-order valence-electron chi connectivity index (χ2n) is 3.51. The monoisotopic (exact) mass is 191 g/mol. The van der Waals surface area contributed by atoms with Crippen molar-refractivity contribution in [3.8, 4) is 0 Å². The molecule has 0 aliphatic rings. The molecular weight excluding hydrogens is 174 g/mol. The SMILES string of the molecule is CN[C@@H](COCC(C)(C)O)C(=O)O. The molecule has 78 valence electrons. The number of ether oxygens (including phenoxy) is 1. The molecular formula is C8H17NO4. The summed E-state index contributed by atoms with van der Waals surface area (Å²) >= 11 is 0. The van der Waals surface area contributed by atoms with Crippen LogP contribution in [0, 0.1) is 0 Å². The van der Waals surface area contributed by atoms with Crippen LogP contribution < -0.4 is 5.32 Å². The average molecular weight is 191 g/mol. The first-order chi connectivity index (χ1) is 5.87. The molecule has 5 heteroatoms. The average Bonchev–Trinajstić information content (AvgIpc) is 1.95. The summed E-state index contributed by atoms with van der Waals surface area (Å²) in [5, 5.41) is 20.4. The minimum atomic E-state index is -0.960. The van der Waals surface area contributed by atoms with Gasteiger partial charge in [-0.2, -0.15) is 0 Å². The first kappa shape index (κ1) is 12.3. The van der Waals surface area contributed by atoms with Gasteiger partial charge in [0.15, 0.2) is 0 Å².